The highest BCUT2D eigenvalue weighted by Crippen LogP contribution is 2.23. The van der Waals surface area contributed by atoms with Crippen LogP contribution in [0.5, 0.6) is 0 Å². The number of rotatable bonds is 9. The zero-order valence-electron chi connectivity index (χ0n) is 14.9. The smallest absolute Gasteiger partial charge is 0.305 e. The number of nitrogens with zero attached hydrogens (tertiary/aromatic N) is 3. The molecule has 1 aromatic heterocycles. The van der Waals surface area contributed by atoms with Gasteiger partial charge in [-0.25, -0.2) is 0 Å². The Hall–Kier alpha value is -2.00. The van der Waals surface area contributed by atoms with Crippen LogP contribution in [0.25, 0.3) is 0 Å². The molecular formula is C17H22N4O3S2. The maximum atomic E-state index is 12.3. The minimum absolute atomic E-state index is 0.143. The zero-order valence-corrected chi connectivity index (χ0v) is 16.5. The van der Waals surface area contributed by atoms with E-state index in [1.54, 1.807) is 18.1 Å². The van der Waals surface area contributed by atoms with E-state index >= 15 is 0 Å². The van der Waals surface area contributed by atoms with Crippen LogP contribution in [-0.2, 0) is 9.59 Å². The molecule has 1 atom stereocenters. The SMILES string of the molecule is CSc1ccc([C@H](CC(=O)O)NC(=O)CSc2nncn2C(C)C)cc1. The van der Waals surface area contributed by atoms with Crippen molar-refractivity contribution in [1.29, 1.82) is 0 Å². The van der Waals surface area contributed by atoms with Gasteiger partial charge in [0.2, 0.25) is 5.91 Å². The second-order valence-corrected chi connectivity index (χ2v) is 7.72. The fourth-order valence-corrected chi connectivity index (χ4v) is 3.58. The minimum Gasteiger partial charge on any atom is -0.481 e. The number of aliphatic carboxylic acids is 1. The average Bonchev–Trinajstić information content (AvgIpc) is 3.08. The number of carboxylic acids is 1. The van der Waals surface area contributed by atoms with Gasteiger partial charge in [0.25, 0.3) is 0 Å². The van der Waals surface area contributed by atoms with E-state index in [-0.39, 0.29) is 24.1 Å². The van der Waals surface area contributed by atoms with Gasteiger partial charge in [-0.15, -0.1) is 22.0 Å². The lowest BCUT2D eigenvalue weighted by atomic mass is 10.0. The fraction of sp³-hybridized carbons (Fsp3) is 0.412. The van der Waals surface area contributed by atoms with Crippen LogP contribution in [0.4, 0.5) is 0 Å². The predicted molar refractivity (Wildman–Crippen MR) is 102 cm³/mol. The summed E-state index contributed by atoms with van der Waals surface area (Å²) in [5.74, 6) is -1.06. The molecule has 0 saturated carbocycles. The van der Waals surface area contributed by atoms with Crippen LogP contribution in [0.1, 0.15) is 37.9 Å². The Morgan fingerprint density at radius 2 is 1.96 bits per heavy atom. The number of carbonyl (C=O) groups is 2. The van der Waals surface area contributed by atoms with Gasteiger partial charge in [0.05, 0.1) is 18.2 Å². The van der Waals surface area contributed by atoms with Crippen LogP contribution < -0.4 is 5.32 Å². The average molecular weight is 395 g/mol. The highest BCUT2D eigenvalue weighted by atomic mass is 32.2. The molecule has 2 N–H and O–H groups in total. The van der Waals surface area contributed by atoms with Crippen LogP contribution >= 0.6 is 23.5 Å². The highest BCUT2D eigenvalue weighted by Gasteiger charge is 2.19. The van der Waals surface area contributed by atoms with Crippen molar-refractivity contribution in [3.63, 3.8) is 0 Å². The number of hydrogen-bond acceptors (Lipinski definition) is 6. The summed E-state index contributed by atoms with van der Waals surface area (Å²) < 4.78 is 1.88. The van der Waals surface area contributed by atoms with Gasteiger partial charge in [-0.3, -0.25) is 9.59 Å². The fourth-order valence-electron chi connectivity index (χ4n) is 2.32. The molecule has 0 aliphatic rings. The predicted octanol–water partition coefficient (Wildman–Crippen LogP) is 3.01. The van der Waals surface area contributed by atoms with Crippen molar-refractivity contribution in [2.24, 2.45) is 0 Å². The van der Waals surface area contributed by atoms with E-state index in [2.05, 4.69) is 15.5 Å². The Kier molecular flexibility index (Phi) is 7.52. The molecule has 0 bridgehead atoms. The molecule has 0 aliphatic carbocycles. The number of hydrogen-bond donors (Lipinski definition) is 2. The quantitative estimate of drug-likeness (QED) is 0.631. The van der Waals surface area contributed by atoms with Gasteiger partial charge in [-0.05, 0) is 37.8 Å². The number of thioether (sulfide) groups is 2. The molecule has 2 aromatic rings. The van der Waals surface area contributed by atoms with Gasteiger partial charge in [-0.1, -0.05) is 23.9 Å². The Bertz CT molecular complexity index is 747. The van der Waals surface area contributed by atoms with Gasteiger partial charge in [0, 0.05) is 10.9 Å². The van der Waals surface area contributed by atoms with Crippen molar-refractivity contribution in [3.05, 3.63) is 36.2 Å². The molecule has 26 heavy (non-hydrogen) atoms. The summed E-state index contributed by atoms with van der Waals surface area (Å²) in [5, 5.41) is 20.5. The standard InChI is InChI=1S/C17H22N4O3S2/c1-11(2)21-10-18-20-17(21)26-9-15(22)19-14(8-16(23)24)12-4-6-13(25-3)7-5-12/h4-7,10-11,14H,8-9H2,1-3H3,(H,19,22)(H,23,24)/t14-/m0/s1. The number of amides is 1. The van der Waals surface area contributed by atoms with Crippen molar-refractivity contribution < 1.29 is 14.7 Å². The van der Waals surface area contributed by atoms with E-state index in [0.717, 1.165) is 10.5 Å². The summed E-state index contributed by atoms with van der Waals surface area (Å²) in [6.45, 7) is 4.02. The number of benzene rings is 1. The van der Waals surface area contributed by atoms with E-state index < -0.39 is 12.0 Å². The van der Waals surface area contributed by atoms with E-state index in [1.165, 1.54) is 11.8 Å². The van der Waals surface area contributed by atoms with Gasteiger partial charge in [0.1, 0.15) is 6.33 Å². The summed E-state index contributed by atoms with van der Waals surface area (Å²) in [5.41, 5.74) is 0.772. The zero-order chi connectivity index (χ0) is 19.1. The number of nitrogens with one attached hydrogen (secondary N) is 1. The van der Waals surface area contributed by atoms with Crippen molar-refractivity contribution in [3.8, 4) is 0 Å². The van der Waals surface area contributed by atoms with E-state index in [4.69, 9.17) is 5.11 Å². The molecule has 1 amide bonds. The summed E-state index contributed by atoms with van der Waals surface area (Å²) in [4.78, 5) is 24.6. The molecule has 0 unspecified atom stereocenters. The summed E-state index contributed by atoms with van der Waals surface area (Å²) in [6.07, 6.45) is 3.43. The lowest BCUT2D eigenvalue weighted by molar-refractivity contribution is -0.137. The molecule has 2 rings (SSSR count). The van der Waals surface area contributed by atoms with Gasteiger partial charge >= 0.3 is 5.97 Å². The highest BCUT2D eigenvalue weighted by molar-refractivity contribution is 7.99. The summed E-state index contributed by atoms with van der Waals surface area (Å²) in [6, 6.07) is 7.16. The van der Waals surface area contributed by atoms with Crippen LogP contribution in [-0.4, -0.2) is 43.8 Å². The van der Waals surface area contributed by atoms with Crippen molar-refractivity contribution in [2.75, 3.05) is 12.0 Å². The monoisotopic (exact) mass is 394 g/mol. The molecule has 1 heterocycles. The van der Waals surface area contributed by atoms with E-state index in [9.17, 15) is 9.59 Å². The lowest BCUT2D eigenvalue weighted by Crippen LogP contribution is -2.31. The largest absolute Gasteiger partial charge is 0.481 e. The summed E-state index contributed by atoms with van der Waals surface area (Å²) >= 11 is 2.88. The first-order valence-corrected chi connectivity index (χ1v) is 10.3. The maximum Gasteiger partial charge on any atom is 0.305 e. The van der Waals surface area contributed by atoms with E-state index in [1.807, 2.05) is 48.9 Å². The summed E-state index contributed by atoms with van der Waals surface area (Å²) in [7, 11) is 0. The Labute approximate surface area is 161 Å². The minimum atomic E-state index is -0.962. The third kappa shape index (κ3) is 5.77. The first-order chi connectivity index (χ1) is 12.4. The van der Waals surface area contributed by atoms with Crippen molar-refractivity contribution in [2.45, 2.75) is 42.4 Å². The first kappa shape index (κ1) is 20.3. The molecule has 9 heteroatoms. The van der Waals surface area contributed by atoms with Crippen LogP contribution in [0.15, 0.2) is 40.6 Å². The molecule has 0 spiro atoms. The van der Waals surface area contributed by atoms with Crippen LogP contribution in [0.2, 0.25) is 0 Å². The Morgan fingerprint density at radius 3 is 2.54 bits per heavy atom. The maximum absolute atomic E-state index is 12.3. The number of carbonyl (C=O) groups excluding carboxylic acids is 1. The van der Waals surface area contributed by atoms with Crippen LogP contribution in [0, 0.1) is 0 Å². The van der Waals surface area contributed by atoms with E-state index in [0.29, 0.717) is 5.16 Å². The van der Waals surface area contributed by atoms with Crippen LogP contribution in [0.3, 0.4) is 0 Å². The molecule has 0 fully saturated rings. The van der Waals surface area contributed by atoms with Gasteiger partial charge < -0.3 is 15.0 Å². The second-order valence-electron chi connectivity index (χ2n) is 5.89. The molecule has 0 radical (unpaired) electrons. The first-order valence-electron chi connectivity index (χ1n) is 8.08. The lowest BCUT2D eigenvalue weighted by Gasteiger charge is -2.18. The molecule has 1 aromatic carbocycles. The third-order valence-corrected chi connectivity index (χ3v) is 5.36. The molecule has 140 valence electrons. The Morgan fingerprint density at radius 1 is 1.27 bits per heavy atom. The van der Waals surface area contributed by atoms with Gasteiger partial charge in [0.15, 0.2) is 5.16 Å². The number of carboxylic acid groups (broad SMARTS) is 1. The third-order valence-electron chi connectivity index (χ3n) is 3.66. The van der Waals surface area contributed by atoms with Crippen molar-refractivity contribution >= 4 is 35.4 Å². The molecule has 0 aliphatic heterocycles. The van der Waals surface area contributed by atoms with Crippen molar-refractivity contribution in [1.82, 2.24) is 20.1 Å². The second kappa shape index (κ2) is 9.63. The number of aromatic nitrogens is 3. The molecule has 0 saturated heterocycles. The van der Waals surface area contributed by atoms with Gasteiger partial charge in [-0.2, -0.15) is 0 Å². The topological polar surface area (TPSA) is 97.1 Å². The Balaban J connectivity index is 2.01. The normalized spacial score (nSPS) is 12.2. The molecule has 7 nitrogen and oxygen atoms in total. The molecular weight excluding hydrogens is 372 g/mol.